The molecule has 7 heteroatoms. The van der Waals surface area contributed by atoms with E-state index in [1.165, 1.54) is 4.57 Å². The molecule has 0 aromatic carbocycles. The van der Waals surface area contributed by atoms with Crippen molar-refractivity contribution in [3.8, 4) is 0 Å². The van der Waals surface area contributed by atoms with E-state index in [1.54, 1.807) is 32.3 Å². The molecule has 0 radical (unpaired) electrons. The predicted molar refractivity (Wildman–Crippen MR) is 78.2 cm³/mol. The van der Waals surface area contributed by atoms with Gasteiger partial charge in [0.15, 0.2) is 0 Å². The van der Waals surface area contributed by atoms with Gasteiger partial charge in [0.2, 0.25) is 0 Å². The van der Waals surface area contributed by atoms with Gasteiger partial charge >= 0.3 is 6.03 Å². The lowest BCUT2D eigenvalue weighted by Crippen LogP contribution is -2.34. The maximum Gasteiger partial charge on any atom is 0.319 e. The van der Waals surface area contributed by atoms with Crippen molar-refractivity contribution in [2.24, 2.45) is 7.05 Å². The zero-order valence-corrected chi connectivity index (χ0v) is 12.4. The van der Waals surface area contributed by atoms with Gasteiger partial charge in [0, 0.05) is 18.8 Å². The normalized spacial score (nSPS) is 12.0. The van der Waals surface area contributed by atoms with E-state index in [2.05, 4.69) is 15.8 Å². The predicted octanol–water partition coefficient (Wildman–Crippen LogP) is 1.87. The Morgan fingerprint density at radius 3 is 2.76 bits per heavy atom. The van der Waals surface area contributed by atoms with Gasteiger partial charge < -0.3 is 19.7 Å². The summed E-state index contributed by atoms with van der Waals surface area (Å²) in [6.07, 6.45) is 1.62. The molecule has 0 aliphatic carbocycles. The minimum Gasteiger partial charge on any atom is -0.361 e. The lowest BCUT2D eigenvalue weighted by Gasteiger charge is -2.14. The fourth-order valence-corrected chi connectivity index (χ4v) is 2.23. The number of nitrogens with one attached hydrogen (secondary N) is 2. The second kappa shape index (κ2) is 5.82. The Hall–Kier alpha value is -2.57. The van der Waals surface area contributed by atoms with E-state index < -0.39 is 6.03 Å². The first kappa shape index (κ1) is 14.8. The molecule has 0 aliphatic rings. The number of aromatic nitrogens is 2. The van der Waals surface area contributed by atoms with Crippen LogP contribution in [0.25, 0.3) is 0 Å². The zero-order chi connectivity index (χ0) is 15.6. The van der Waals surface area contributed by atoms with E-state index in [4.69, 9.17) is 4.52 Å². The number of hydrogen-bond acceptors (Lipinski definition) is 4. The molecule has 0 aliphatic heterocycles. The van der Waals surface area contributed by atoms with Crippen molar-refractivity contribution in [2.75, 3.05) is 5.32 Å². The lowest BCUT2D eigenvalue weighted by molar-refractivity contribution is 0.249. The summed E-state index contributed by atoms with van der Waals surface area (Å²) in [6.45, 7) is 5.43. The van der Waals surface area contributed by atoms with Crippen LogP contribution in [-0.4, -0.2) is 15.8 Å². The first-order valence-corrected chi connectivity index (χ1v) is 6.56. The summed E-state index contributed by atoms with van der Waals surface area (Å²) in [5.41, 5.74) is 1.53. The Labute approximate surface area is 121 Å². The average molecular weight is 290 g/mol. The number of amides is 2. The van der Waals surface area contributed by atoms with Gasteiger partial charge in [-0.25, -0.2) is 4.79 Å². The van der Waals surface area contributed by atoms with Crippen LogP contribution in [0.1, 0.15) is 30.0 Å². The van der Waals surface area contributed by atoms with Crippen LogP contribution in [0.2, 0.25) is 0 Å². The van der Waals surface area contributed by atoms with Gasteiger partial charge in [0.1, 0.15) is 11.4 Å². The quantitative estimate of drug-likeness (QED) is 0.903. The lowest BCUT2D eigenvalue weighted by atomic mass is 10.1. The van der Waals surface area contributed by atoms with Crippen molar-refractivity contribution >= 4 is 11.7 Å². The second-order valence-electron chi connectivity index (χ2n) is 4.90. The summed E-state index contributed by atoms with van der Waals surface area (Å²) in [6, 6.07) is 2.52. The number of hydrogen-bond donors (Lipinski definition) is 2. The Balaban J connectivity index is 2.09. The molecule has 2 aromatic heterocycles. The van der Waals surface area contributed by atoms with E-state index in [0.29, 0.717) is 5.76 Å². The molecule has 1 atom stereocenters. The number of pyridine rings is 1. The number of nitrogens with zero attached hydrogens (tertiary/aromatic N) is 2. The van der Waals surface area contributed by atoms with Crippen LogP contribution in [0, 0.1) is 13.8 Å². The first-order chi connectivity index (χ1) is 9.90. The van der Waals surface area contributed by atoms with E-state index in [1.807, 2.05) is 13.8 Å². The minimum atomic E-state index is -0.453. The molecule has 7 nitrogen and oxygen atoms in total. The summed E-state index contributed by atoms with van der Waals surface area (Å²) in [5, 5.41) is 9.16. The number of carbonyl (C=O) groups excluding carboxylic acids is 1. The van der Waals surface area contributed by atoms with Crippen molar-refractivity contribution in [3.05, 3.63) is 45.7 Å². The maximum atomic E-state index is 12.0. The minimum absolute atomic E-state index is 0.225. The van der Waals surface area contributed by atoms with E-state index in [0.717, 1.165) is 11.3 Å². The smallest absolute Gasteiger partial charge is 0.319 e. The molecule has 21 heavy (non-hydrogen) atoms. The molecule has 2 N–H and O–H groups in total. The van der Waals surface area contributed by atoms with Gasteiger partial charge in [0.25, 0.3) is 5.56 Å². The van der Waals surface area contributed by atoms with Gasteiger partial charge in [-0.1, -0.05) is 5.16 Å². The summed E-state index contributed by atoms with van der Waals surface area (Å²) in [5.74, 6) is 0.663. The fraction of sp³-hybridized carbons (Fsp3) is 0.357. The van der Waals surface area contributed by atoms with E-state index in [-0.39, 0.29) is 17.3 Å². The van der Waals surface area contributed by atoms with Crippen molar-refractivity contribution in [1.82, 2.24) is 15.0 Å². The SMILES string of the molecule is Cc1noc(C)c1[C@@H](C)NC(=O)Nc1cccn(C)c1=O. The monoisotopic (exact) mass is 290 g/mol. The molecule has 0 spiro atoms. The van der Waals surface area contributed by atoms with Crippen LogP contribution in [0.3, 0.4) is 0 Å². The molecule has 112 valence electrons. The Morgan fingerprint density at radius 2 is 2.14 bits per heavy atom. The summed E-state index contributed by atoms with van der Waals surface area (Å²) in [4.78, 5) is 23.8. The molecule has 2 aromatic rings. The number of urea groups is 1. The molecule has 0 bridgehead atoms. The molecule has 2 rings (SSSR count). The van der Waals surface area contributed by atoms with Crippen molar-refractivity contribution in [3.63, 3.8) is 0 Å². The Morgan fingerprint density at radius 1 is 1.43 bits per heavy atom. The van der Waals surface area contributed by atoms with Gasteiger partial charge in [-0.3, -0.25) is 4.79 Å². The molecule has 2 heterocycles. The van der Waals surface area contributed by atoms with E-state index >= 15 is 0 Å². The van der Waals surface area contributed by atoms with Crippen molar-refractivity contribution < 1.29 is 9.32 Å². The number of aryl methyl sites for hydroxylation is 3. The Kier molecular flexibility index (Phi) is 4.11. The topological polar surface area (TPSA) is 89.2 Å². The highest BCUT2D eigenvalue weighted by atomic mass is 16.5. The van der Waals surface area contributed by atoms with Gasteiger partial charge in [-0.15, -0.1) is 0 Å². The van der Waals surface area contributed by atoms with Crippen molar-refractivity contribution in [1.29, 1.82) is 0 Å². The van der Waals surface area contributed by atoms with Crippen LogP contribution in [0.15, 0.2) is 27.6 Å². The summed E-state index contributed by atoms with van der Waals surface area (Å²) < 4.78 is 6.47. The third-order valence-corrected chi connectivity index (χ3v) is 3.24. The average Bonchev–Trinajstić information content (AvgIpc) is 2.74. The molecular formula is C14H18N4O3. The molecule has 0 unspecified atom stereocenters. The fourth-order valence-electron chi connectivity index (χ4n) is 2.23. The highest BCUT2D eigenvalue weighted by molar-refractivity contribution is 5.89. The zero-order valence-electron chi connectivity index (χ0n) is 12.4. The van der Waals surface area contributed by atoms with E-state index in [9.17, 15) is 9.59 Å². The first-order valence-electron chi connectivity index (χ1n) is 6.56. The maximum absolute atomic E-state index is 12.0. The summed E-state index contributed by atoms with van der Waals surface area (Å²) >= 11 is 0. The van der Waals surface area contributed by atoms with Crippen LogP contribution in [0.5, 0.6) is 0 Å². The van der Waals surface area contributed by atoms with Crippen molar-refractivity contribution in [2.45, 2.75) is 26.8 Å². The highest BCUT2D eigenvalue weighted by Crippen LogP contribution is 2.20. The standard InChI is InChI=1S/C14H18N4O3/c1-8(12-9(2)17-21-10(12)3)15-14(20)16-11-6-5-7-18(4)13(11)19/h5-8H,1-4H3,(H2,15,16,20)/t8-/m1/s1. The third kappa shape index (κ3) is 3.13. The molecule has 0 fully saturated rings. The molecule has 0 saturated carbocycles. The second-order valence-corrected chi connectivity index (χ2v) is 4.90. The van der Waals surface area contributed by atoms with Crippen LogP contribution >= 0.6 is 0 Å². The Bertz CT molecular complexity index is 698. The van der Waals surface area contributed by atoms with Gasteiger partial charge in [-0.05, 0) is 32.9 Å². The largest absolute Gasteiger partial charge is 0.361 e. The number of rotatable bonds is 3. The van der Waals surface area contributed by atoms with Gasteiger partial charge in [0.05, 0.1) is 11.7 Å². The highest BCUT2D eigenvalue weighted by Gasteiger charge is 2.18. The number of carbonyl (C=O) groups is 1. The molecule has 0 saturated heterocycles. The molecule has 2 amide bonds. The number of anilines is 1. The van der Waals surface area contributed by atoms with Crippen LogP contribution in [-0.2, 0) is 7.05 Å². The van der Waals surface area contributed by atoms with Gasteiger partial charge in [-0.2, -0.15) is 0 Å². The summed E-state index contributed by atoms with van der Waals surface area (Å²) in [7, 11) is 1.62. The van der Waals surface area contributed by atoms with Crippen LogP contribution < -0.4 is 16.2 Å². The third-order valence-electron chi connectivity index (χ3n) is 3.24. The van der Waals surface area contributed by atoms with Crippen LogP contribution in [0.4, 0.5) is 10.5 Å². The molecular weight excluding hydrogens is 272 g/mol.